The van der Waals surface area contributed by atoms with E-state index in [1.165, 1.54) is 0 Å². The maximum absolute atomic E-state index is 13.8. The Morgan fingerprint density at radius 2 is 1.37 bits per heavy atom. The maximum atomic E-state index is 13.8. The lowest BCUT2D eigenvalue weighted by Gasteiger charge is -2.32. The number of carbonyl (C=O) groups excluding carboxylic acids is 2. The number of hydrogen-bond acceptors (Lipinski definition) is 4. The van der Waals surface area contributed by atoms with Crippen LogP contribution < -0.4 is 14.8 Å². The van der Waals surface area contributed by atoms with E-state index in [2.05, 4.69) is 5.32 Å². The number of rotatable bonds is 10. The molecule has 38 heavy (non-hydrogen) atoms. The van der Waals surface area contributed by atoms with Crippen molar-refractivity contribution in [1.29, 1.82) is 0 Å². The molecular weight excluding hydrogens is 476 g/mol. The third-order valence-electron chi connectivity index (χ3n) is 6.57. The number of nitrogens with one attached hydrogen (secondary N) is 1. The van der Waals surface area contributed by atoms with Crippen LogP contribution in [0.15, 0.2) is 109 Å². The molecule has 5 rings (SSSR count). The molecule has 2 amide bonds. The van der Waals surface area contributed by atoms with Gasteiger partial charge in [0.1, 0.15) is 6.04 Å². The molecule has 6 heteroatoms. The van der Waals surface area contributed by atoms with Gasteiger partial charge >= 0.3 is 0 Å². The highest BCUT2D eigenvalue weighted by Crippen LogP contribution is 2.32. The molecule has 1 atom stereocenters. The highest BCUT2D eigenvalue weighted by molar-refractivity contribution is 5.88. The van der Waals surface area contributed by atoms with Gasteiger partial charge in [0.25, 0.3) is 0 Å². The number of fused-ring (bicyclic) bond motifs is 1. The van der Waals surface area contributed by atoms with E-state index in [0.29, 0.717) is 37.4 Å². The van der Waals surface area contributed by atoms with Gasteiger partial charge in [0.05, 0.1) is 0 Å². The molecule has 0 spiro atoms. The van der Waals surface area contributed by atoms with Gasteiger partial charge in [-0.2, -0.15) is 0 Å². The number of amides is 2. The minimum absolute atomic E-state index is 0.0789. The summed E-state index contributed by atoms with van der Waals surface area (Å²) in [4.78, 5) is 29.3. The zero-order valence-electron chi connectivity index (χ0n) is 21.1. The van der Waals surface area contributed by atoms with Crippen molar-refractivity contribution in [3.63, 3.8) is 0 Å². The van der Waals surface area contributed by atoms with Gasteiger partial charge in [-0.1, -0.05) is 97.1 Å². The van der Waals surface area contributed by atoms with Crippen molar-refractivity contribution >= 4 is 11.8 Å². The second-order valence-corrected chi connectivity index (χ2v) is 9.21. The average molecular weight is 507 g/mol. The minimum Gasteiger partial charge on any atom is -0.454 e. The first kappa shape index (κ1) is 25.1. The zero-order valence-corrected chi connectivity index (χ0v) is 21.1. The minimum atomic E-state index is -0.784. The molecule has 1 N–H and O–H groups in total. The van der Waals surface area contributed by atoms with E-state index in [4.69, 9.17) is 9.47 Å². The Hall–Kier alpha value is -4.58. The van der Waals surface area contributed by atoms with E-state index in [1.807, 2.05) is 109 Å². The highest BCUT2D eigenvalue weighted by Gasteiger charge is 2.31. The van der Waals surface area contributed by atoms with E-state index in [-0.39, 0.29) is 18.6 Å². The summed E-state index contributed by atoms with van der Waals surface area (Å²) < 4.78 is 10.9. The van der Waals surface area contributed by atoms with Crippen LogP contribution in [0.3, 0.4) is 0 Å². The molecule has 4 aromatic carbocycles. The van der Waals surface area contributed by atoms with Crippen LogP contribution in [0.2, 0.25) is 0 Å². The van der Waals surface area contributed by atoms with E-state index in [1.54, 1.807) is 4.90 Å². The number of ether oxygens (including phenoxy) is 2. The Bertz CT molecular complexity index is 1360. The molecular formula is C32H30N2O4. The van der Waals surface area contributed by atoms with Crippen LogP contribution in [0.1, 0.15) is 34.7 Å². The summed E-state index contributed by atoms with van der Waals surface area (Å²) >= 11 is 0. The fourth-order valence-corrected chi connectivity index (χ4v) is 4.59. The number of hydrogen-bond donors (Lipinski definition) is 1. The Labute approximate surface area is 222 Å². The summed E-state index contributed by atoms with van der Waals surface area (Å²) in [5.74, 6) is 1.04. The molecule has 0 saturated heterocycles. The third kappa shape index (κ3) is 6.21. The molecule has 0 bridgehead atoms. The lowest BCUT2D eigenvalue weighted by Crippen LogP contribution is -2.43. The van der Waals surface area contributed by atoms with Gasteiger partial charge < -0.3 is 19.7 Å². The lowest BCUT2D eigenvalue weighted by molar-refractivity contribution is -0.141. The van der Waals surface area contributed by atoms with Crippen LogP contribution in [-0.4, -0.2) is 23.5 Å². The van der Waals surface area contributed by atoms with E-state index in [9.17, 15) is 9.59 Å². The van der Waals surface area contributed by atoms with Crippen molar-refractivity contribution < 1.29 is 19.1 Å². The van der Waals surface area contributed by atoms with Gasteiger partial charge in [-0.05, 0) is 40.8 Å². The predicted molar refractivity (Wildman–Crippen MR) is 145 cm³/mol. The predicted octanol–water partition coefficient (Wildman–Crippen LogP) is 5.43. The highest BCUT2D eigenvalue weighted by atomic mass is 16.7. The van der Waals surface area contributed by atoms with Crippen molar-refractivity contribution in [3.05, 3.63) is 131 Å². The number of nitrogens with zero attached hydrogens (tertiary/aromatic N) is 1. The molecule has 1 aliphatic rings. The molecule has 1 aliphatic heterocycles. The van der Waals surface area contributed by atoms with Crippen LogP contribution in [0.5, 0.6) is 11.5 Å². The monoisotopic (exact) mass is 506 g/mol. The Kier molecular flexibility index (Phi) is 7.99. The quantitative estimate of drug-likeness (QED) is 0.311. The molecule has 1 heterocycles. The topological polar surface area (TPSA) is 67.9 Å². The first-order valence-corrected chi connectivity index (χ1v) is 12.8. The largest absolute Gasteiger partial charge is 0.454 e. The van der Waals surface area contributed by atoms with Crippen LogP contribution >= 0.6 is 0 Å². The molecule has 0 aliphatic carbocycles. The summed E-state index contributed by atoms with van der Waals surface area (Å²) in [7, 11) is 0. The SMILES string of the molecule is O=C(NCc1ccc2c(c1)OCO2)[C@H](c1ccccc1)N(Cc1ccccc1)C(=O)CCc1ccccc1. The second-order valence-electron chi connectivity index (χ2n) is 9.21. The van der Waals surface area contributed by atoms with Gasteiger partial charge in [0.2, 0.25) is 18.6 Å². The fourth-order valence-electron chi connectivity index (χ4n) is 4.59. The van der Waals surface area contributed by atoms with Gasteiger partial charge in [-0.3, -0.25) is 9.59 Å². The van der Waals surface area contributed by atoms with E-state index in [0.717, 1.165) is 22.3 Å². The Morgan fingerprint density at radius 3 is 2.08 bits per heavy atom. The average Bonchev–Trinajstić information content (AvgIpc) is 3.44. The molecule has 192 valence electrons. The standard InChI is InChI=1S/C32H30N2O4/c35-30(19-17-24-10-4-1-5-11-24)34(22-25-12-6-2-7-13-25)31(27-14-8-3-9-15-27)32(36)33-21-26-16-18-28-29(20-26)38-23-37-28/h1-16,18,20,31H,17,19,21-23H2,(H,33,36)/t31-/m0/s1. The second kappa shape index (κ2) is 12.1. The lowest BCUT2D eigenvalue weighted by atomic mass is 10.0. The van der Waals surface area contributed by atoms with Gasteiger partial charge in [-0.25, -0.2) is 0 Å². The smallest absolute Gasteiger partial charge is 0.247 e. The molecule has 0 unspecified atom stereocenters. The van der Waals surface area contributed by atoms with Crippen molar-refractivity contribution in [3.8, 4) is 11.5 Å². The number of benzene rings is 4. The van der Waals surface area contributed by atoms with Crippen molar-refractivity contribution in [2.75, 3.05) is 6.79 Å². The van der Waals surface area contributed by atoms with Crippen molar-refractivity contribution in [2.24, 2.45) is 0 Å². The van der Waals surface area contributed by atoms with E-state index >= 15 is 0 Å². The van der Waals surface area contributed by atoms with Crippen molar-refractivity contribution in [2.45, 2.75) is 32.0 Å². The summed E-state index contributed by atoms with van der Waals surface area (Å²) in [6.07, 6.45) is 0.904. The summed E-state index contributed by atoms with van der Waals surface area (Å²) in [6.45, 7) is 0.822. The van der Waals surface area contributed by atoms with Gasteiger partial charge in [0.15, 0.2) is 11.5 Å². The van der Waals surface area contributed by atoms with Crippen LogP contribution in [0.4, 0.5) is 0 Å². The molecule has 4 aromatic rings. The molecule has 0 aromatic heterocycles. The van der Waals surface area contributed by atoms with Crippen LogP contribution in [-0.2, 0) is 29.1 Å². The summed E-state index contributed by atoms with van der Waals surface area (Å²) in [6, 6.07) is 34.0. The summed E-state index contributed by atoms with van der Waals surface area (Å²) in [5, 5.41) is 3.05. The van der Waals surface area contributed by atoms with Crippen LogP contribution in [0.25, 0.3) is 0 Å². The fraction of sp³-hybridized carbons (Fsp3) is 0.188. The first-order chi connectivity index (χ1) is 18.7. The summed E-state index contributed by atoms with van der Waals surface area (Å²) in [5.41, 5.74) is 3.70. The first-order valence-electron chi connectivity index (χ1n) is 12.8. The van der Waals surface area contributed by atoms with Gasteiger partial charge in [0, 0.05) is 19.5 Å². The molecule has 0 fully saturated rings. The van der Waals surface area contributed by atoms with Gasteiger partial charge in [-0.15, -0.1) is 0 Å². The molecule has 0 saturated carbocycles. The Balaban J connectivity index is 1.40. The maximum Gasteiger partial charge on any atom is 0.247 e. The third-order valence-corrected chi connectivity index (χ3v) is 6.57. The zero-order chi connectivity index (χ0) is 26.2. The van der Waals surface area contributed by atoms with Crippen LogP contribution in [0, 0.1) is 0 Å². The van der Waals surface area contributed by atoms with E-state index < -0.39 is 6.04 Å². The van der Waals surface area contributed by atoms with Crippen molar-refractivity contribution in [1.82, 2.24) is 10.2 Å². The Morgan fingerprint density at radius 1 is 0.737 bits per heavy atom. The number of aryl methyl sites for hydroxylation is 1. The number of carbonyl (C=O) groups is 2. The molecule has 0 radical (unpaired) electrons. The normalized spacial score (nSPS) is 12.5. The molecule has 6 nitrogen and oxygen atoms in total.